The molecule has 0 fully saturated rings. The van der Waals surface area contributed by atoms with Crippen LogP contribution in [-0.2, 0) is 4.57 Å². The van der Waals surface area contributed by atoms with E-state index in [4.69, 9.17) is 4.76 Å². The summed E-state index contributed by atoms with van der Waals surface area (Å²) >= 11 is 3.48. The monoisotopic (exact) mass is 397 g/mol. The zero-order valence-electron chi connectivity index (χ0n) is 13.3. The number of halogens is 1. The molecule has 0 amide bonds. The van der Waals surface area contributed by atoms with Crippen molar-refractivity contribution < 1.29 is 4.57 Å². The third-order valence-corrected chi connectivity index (χ3v) is 6.82. The predicted molar refractivity (Wildman–Crippen MR) is 106 cm³/mol. The lowest BCUT2D eigenvalue weighted by atomic mass is 10.1. The lowest BCUT2D eigenvalue weighted by Gasteiger charge is -2.16. The smallest absolute Gasteiger partial charge is 0.247 e. The summed E-state index contributed by atoms with van der Waals surface area (Å²) in [5, 5.41) is 1.48. The van der Waals surface area contributed by atoms with Gasteiger partial charge in [0.05, 0.1) is 0 Å². The Bertz CT molecular complexity index is 864. The fourth-order valence-corrected chi connectivity index (χ4v) is 5.13. The predicted octanol–water partition coefficient (Wildman–Crippen LogP) is 5.19. The molecule has 0 spiro atoms. The highest BCUT2D eigenvalue weighted by Crippen LogP contribution is 2.45. The van der Waals surface area contributed by atoms with E-state index in [9.17, 15) is 4.57 Å². The van der Waals surface area contributed by atoms with Gasteiger partial charge < -0.3 is 0 Å². The van der Waals surface area contributed by atoms with Crippen LogP contribution in [0.5, 0.6) is 0 Å². The Morgan fingerprint density at radius 2 is 1.38 bits per heavy atom. The van der Waals surface area contributed by atoms with Crippen molar-refractivity contribution in [2.24, 2.45) is 4.76 Å². The maximum atomic E-state index is 13.9. The second-order valence-electron chi connectivity index (χ2n) is 5.44. The standard InChI is InChI=1S/C20H17BrNOP/c1-16(17-9-8-10-18(21)15-17)22-24(23,19-11-4-2-5-12-19)20-13-6-3-7-14-20/h2-15H,1H3/b22-16+. The Hall–Kier alpha value is -1.96. The molecule has 0 bridgehead atoms. The van der Waals surface area contributed by atoms with Gasteiger partial charge in [-0.05, 0) is 48.9 Å². The summed E-state index contributed by atoms with van der Waals surface area (Å²) in [7, 11) is -3.09. The van der Waals surface area contributed by atoms with Gasteiger partial charge in [0.15, 0.2) is 0 Å². The van der Waals surface area contributed by atoms with Crippen molar-refractivity contribution in [3.05, 3.63) is 95.0 Å². The van der Waals surface area contributed by atoms with Crippen molar-refractivity contribution in [1.29, 1.82) is 0 Å². The minimum atomic E-state index is -3.09. The van der Waals surface area contributed by atoms with Gasteiger partial charge in [-0.3, -0.25) is 4.57 Å². The normalized spacial score (nSPS) is 12.2. The van der Waals surface area contributed by atoms with Crippen molar-refractivity contribution in [2.45, 2.75) is 6.92 Å². The van der Waals surface area contributed by atoms with Crippen LogP contribution in [0.3, 0.4) is 0 Å². The molecule has 0 unspecified atom stereocenters. The van der Waals surface area contributed by atoms with Crippen molar-refractivity contribution in [3.8, 4) is 0 Å². The first-order chi connectivity index (χ1) is 11.6. The molecule has 0 N–H and O–H groups in total. The summed E-state index contributed by atoms with van der Waals surface area (Å²) < 4.78 is 19.6. The number of nitrogens with zero attached hydrogens (tertiary/aromatic N) is 1. The molecule has 3 rings (SSSR count). The second-order valence-corrected chi connectivity index (χ2v) is 8.74. The Balaban J connectivity index is 2.16. The lowest BCUT2D eigenvalue weighted by Crippen LogP contribution is -2.15. The van der Waals surface area contributed by atoms with E-state index in [1.807, 2.05) is 91.9 Å². The van der Waals surface area contributed by atoms with E-state index in [0.717, 1.165) is 26.4 Å². The fourth-order valence-electron chi connectivity index (χ4n) is 2.51. The van der Waals surface area contributed by atoms with E-state index < -0.39 is 7.29 Å². The van der Waals surface area contributed by atoms with Gasteiger partial charge in [-0.15, -0.1) is 0 Å². The van der Waals surface area contributed by atoms with Crippen LogP contribution in [0.1, 0.15) is 12.5 Å². The Labute approximate surface area is 150 Å². The van der Waals surface area contributed by atoms with Gasteiger partial charge in [-0.2, -0.15) is 0 Å². The Morgan fingerprint density at radius 3 is 1.88 bits per heavy atom. The maximum Gasteiger partial charge on any atom is 0.247 e. The third-order valence-electron chi connectivity index (χ3n) is 3.75. The van der Waals surface area contributed by atoms with Gasteiger partial charge in [0, 0.05) is 20.8 Å². The average Bonchev–Trinajstić information content (AvgIpc) is 2.63. The first-order valence-corrected chi connectivity index (χ1v) is 10.1. The molecular formula is C20H17BrNOP. The average molecular weight is 398 g/mol. The topological polar surface area (TPSA) is 29.4 Å². The first-order valence-electron chi connectivity index (χ1n) is 7.64. The largest absolute Gasteiger partial charge is 0.288 e. The molecule has 0 radical (unpaired) electrons. The summed E-state index contributed by atoms with van der Waals surface area (Å²) in [6.45, 7) is 1.90. The van der Waals surface area contributed by atoms with E-state index in [1.54, 1.807) is 0 Å². The highest BCUT2D eigenvalue weighted by atomic mass is 79.9. The minimum absolute atomic E-state index is 0.741. The molecule has 0 atom stereocenters. The highest BCUT2D eigenvalue weighted by molar-refractivity contribution is 9.10. The highest BCUT2D eigenvalue weighted by Gasteiger charge is 2.26. The zero-order valence-corrected chi connectivity index (χ0v) is 15.7. The van der Waals surface area contributed by atoms with Gasteiger partial charge >= 0.3 is 0 Å². The molecule has 0 saturated carbocycles. The van der Waals surface area contributed by atoms with Crippen molar-refractivity contribution in [2.75, 3.05) is 0 Å². The quantitative estimate of drug-likeness (QED) is 0.440. The van der Waals surface area contributed by atoms with Crippen LogP contribution >= 0.6 is 23.2 Å². The number of hydrogen-bond donors (Lipinski definition) is 0. The molecule has 0 aliphatic rings. The van der Waals surface area contributed by atoms with E-state index in [-0.39, 0.29) is 0 Å². The SMILES string of the molecule is C/C(=N\P(=O)(c1ccccc1)c1ccccc1)c1cccc(Br)c1. The molecule has 24 heavy (non-hydrogen) atoms. The summed E-state index contributed by atoms with van der Waals surface area (Å²) in [4.78, 5) is 0. The van der Waals surface area contributed by atoms with Crippen LogP contribution in [0, 0.1) is 0 Å². The molecule has 4 heteroatoms. The van der Waals surface area contributed by atoms with Crippen LogP contribution in [-0.4, -0.2) is 5.71 Å². The Morgan fingerprint density at radius 1 is 0.833 bits per heavy atom. The third kappa shape index (κ3) is 3.58. The van der Waals surface area contributed by atoms with E-state index >= 15 is 0 Å². The fraction of sp³-hybridized carbons (Fsp3) is 0.0500. The lowest BCUT2D eigenvalue weighted by molar-refractivity contribution is 0.588. The molecule has 3 aromatic carbocycles. The molecule has 120 valence electrons. The minimum Gasteiger partial charge on any atom is -0.288 e. The van der Waals surface area contributed by atoms with Gasteiger partial charge in [-0.25, -0.2) is 4.76 Å². The van der Waals surface area contributed by atoms with Crippen LogP contribution in [0.2, 0.25) is 0 Å². The molecular weight excluding hydrogens is 381 g/mol. The summed E-state index contributed by atoms with van der Waals surface area (Å²) in [5.74, 6) is 0. The summed E-state index contributed by atoms with van der Waals surface area (Å²) in [6, 6.07) is 26.8. The number of hydrogen-bond acceptors (Lipinski definition) is 1. The second kappa shape index (κ2) is 7.29. The van der Waals surface area contributed by atoms with Gasteiger partial charge in [0.1, 0.15) is 0 Å². The van der Waals surface area contributed by atoms with E-state index in [1.165, 1.54) is 0 Å². The zero-order chi connectivity index (χ0) is 17.0. The molecule has 0 aliphatic carbocycles. The van der Waals surface area contributed by atoms with Crippen LogP contribution in [0.15, 0.2) is 94.2 Å². The Kier molecular flexibility index (Phi) is 5.13. The number of benzene rings is 3. The van der Waals surface area contributed by atoms with Crippen molar-refractivity contribution in [1.82, 2.24) is 0 Å². The summed E-state index contributed by atoms with van der Waals surface area (Å²) in [6.07, 6.45) is 0. The molecule has 2 nitrogen and oxygen atoms in total. The van der Waals surface area contributed by atoms with E-state index in [0.29, 0.717) is 0 Å². The molecule has 0 aromatic heterocycles. The van der Waals surface area contributed by atoms with Crippen LogP contribution < -0.4 is 10.6 Å². The van der Waals surface area contributed by atoms with Crippen molar-refractivity contribution >= 4 is 39.5 Å². The molecule has 3 aromatic rings. The first kappa shape index (κ1) is 16.9. The van der Waals surface area contributed by atoms with Gasteiger partial charge in [0.25, 0.3) is 0 Å². The van der Waals surface area contributed by atoms with Gasteiger partial charge in [0.2, 0.25) is 7.29 Å². The molecule has 0 saturated heterocycles. The van der Waals surface area contributed by atoms with Gasteiger partial charge in [-0.1, -0.05) is 64.5 Å². The van der Waals surface area contributed by atoms with Crippen LogP contribution in [0.25, 0.3) is 0 Å². The van der Waals surface area contributed by atoms with Crippen molar-refractivity contribution in [3.63, 3.8) is 0 Å². The maximum absolute atomic E-state index is 13.9. The molecule has 0 aliphatic heterocycles. The van der Waals surface area contributed by atoms with Crippen LogP contribution in [0.4, 0.5) is 0 Å². The number of rotatable bonds is 4. The summed E-state index contributed by atoms with van der Waals surface area (Å²) in [5.41, 5.74) is 1.71. The molecule has 0 heterocycles. The van der Waals surface area contributed by atoms with E-state index in [2.05, 4.69) is 15.9 Å².